The van der Waals surface area contributed by atoms with Crippen LogP contribution in [0.25, 0.3) is 0 Å². The minimum atomic E-state index is -1.19. The number of aromatic carboxylic acids is 1. The number of hydrogen-bond acceptors (Lipinski definition) is 4. The molecular weight excluding hydrogens is 446 g/mol. The van der Waals surface area contributed by atoms with Gasteiger partial charge in [-0.2, -0.15) is 0 Å². The normalized spacial score (nSPS) is 10.2. The molecule has 3 aromatic rings. The van der Waals surface area contributed by atoms with E-state index >= 15 is 0 Å². The summed E-state index contributed by atoms with van der Waals surface area (Å²) in [5, 5.41) is 12.7. The van der Waals surface area contributed by atoms with E-state index in [1.54, 1.807) is 6.07 Å². The number of pyridine rings is 1. The van der Waals surface area contributed by atoms with Crippen LogP contribution in [0.15, 0.2) is 54.7 Å². The van der Waals surface area contributed by atoms with E-state index in [2.05, 4.69) is 17.2 Å². The number of halogens is 2. The zero-order chi connectivity index (χ0) is 22.4. The van der Waals surface area contributed by atoms with Crippen LogP contribution in [-0.2, 0) is 12.8 Å². The molecule has 0 unspecified atom stereocenters. The second-order valence-electron chi connectivity index (χ2n) is 6.70. The van der Waals surface area contributed by atoms with Gasteiger partial charge in [0, 0.05) is 23.3 Å². The molecule has 32 heavy (non-hydrogen) atoms. The molecule has 0 aliphatic heterocycles. The number of carbonyl (C=O) groups is 2. The fourth-order valence-corrected chi connectivity index (χ4v) is 3.34. The molecule has 0 saturated heterocycles. The van der Waals surface area contributed by atoms with E-state index in [1.165, 1.54) is 30.3 Å². The number of amides is 1. The first-order valence-electron chi connectivity index (χ1n) is 9.57. The van der Waals surface area contributed by atoms with E-state index in [0.29, 0.717) is 23.8 Å². The molecule has 0 bridgehead atoms. The zero-order valence-corrected chi connectivity index (χ0v) is 18.2. The topological polar surface area (TPSA) is 88.5 Å². The number of aromatic nitrogens is 1. The second-order valence-corrected chi connectivity index (χ2v) is 7.54. The van der Waals surface area contributed by atoms with E-state index in [4.69, 9.17) is 27.9 Å². The van der Waals surface area contributed by atoms with Gasteiger partial charge < -0.3 is 15.2 Å². The van der Waals surface area contributed by atoms with Crippen LogP contribution in [-0.4, -0.2) is 47.4 Å². The Balaban J connectivity index is 0.00000363. The zero-order valence-electron chi connectivity index (χ0n) is 16.7. The molecule has 9 heteroatoms. The van der Waals surface area contributed by atoms with Gasteiger partial charge >= 0.3 is 24.8 Å². The van der Waals surface area contributed by atoms with Crippen molar-refractivity contribution in [1.82, 2.24) is 4.98 Å². The van der Waals surface area contributed by atoms with Crippen molar-refractivity contribution in [1.29, 1.82) is 0 Å². The number of anilines is 1. The summed E-state index contributed by atoms with van der Waals surface area (Å²) in [6.07, 6.45) is 3.34. The van der Waals surface area contributed by atoms with Crippen molar-refractivity contribution < 1.29 is 19.4 Å². The van der Waals surface area contributed by atoms with Gasteiger partial charge in [-0.25, -0.2) is 4.79 Å². The minimum absolute atomic E-state index is 0. The van der Waals surface area contributed by atoms with Crippen LogP contribution in [0.2, 0.25) is 10.0 Å². The van der Waals surface area contributed by atoms with Crippen molar-refractivity contribution in [2.24, 2.45) is 0 Å². The van der Waals surface area contributed by atoms with Gasteiger partial charge in [-0.05, 0) is 54.4 Å². The summed E-state index contributed by atoms with van der Waals surface area (Å²) in [5.74, 6) is -1.36. The number of ether oxygens (including phenoxy) is 1. The fourth-order valence-electron chi connectivity index (χ4n) is 2.85. The molecule has 2 aromatic carbocycles. The molecule has 0 aliphatic rings. The fraction of sp³-hybridized carbons (Fsp3) is 0.174. The molecule has 0 spiro atoms. The maximum absolute atomic E-state index is 12.5. The molecule has 6 nitrogen and oxygen atoms in total. The Labute approximate surface area is 208 Å². The van der Waals surface area contributed by atoms with Gasteiger partial charge in [-0.15, -0.1) is 0 Å². The Hall–Kier alpha value is -2.49. The van der Waals surface area contributed by atoms with E-state index in [-0.39, 0.29) is 40.7 Å². The average Bonchev–Trinajstić information content (AvgIpc) is 2.75. The predicted octanol–water partition coefficient (Wildman–Crippen LogP) is 4.87. The molecule has 3 rings (SSSR count). The molecule has 1 amide bonds. The van der Waals surface area contributed by atoms with E-state index in [1.807, 2.05) is 18.3 Å². The molecule has 1 heterocycles. The summed E-state index contributed by atoms with van der Waals surface area (Å²) in [5.41, 5.74) is 2.27. The molecular formula is C23H21Cl2LiN2O4. The number of carbonyl (C=O) groups excluding carboxylic acids is 1. The van der Waals surface area contributed by atoms with Gasteiger partial charge in [-0.3, -0.25) is 9.78 Å². The first kappa shape index (κ1) is 25.8. The molecule has 0 saturated carbocycles. The molecule has 0 atom stereocenters. The van der Waals surface area contributed by atoms with Gasteiger partial charge in [0.2, 0.25) is 0 Å². The third-order valence-electron chi connectivity index (χ3n) is 4.57. The number of nitrogens with one attached hydrogen (secondary N) is 1. The Bertz CT molecular complexity index is 1110. The standard InChI is InChI=1S/C23H20Cl2N2O4.Li.H/c1-2-14-3-5-16(26-13-14)9-10-31-17-6-8-21(19(12-17)23(29)30)27-22(28)18-7-4-15(24)11-20(18)25;;/h3-8,11-13H,2,9-10H2,1H3,(H,27,28)(H,29,30);;. The monoisotopic (exact) mass is 466 g/mol. The van der Waals surface area contributed by atoms with Gasteiger partial charge in [0.1, 0.15) is 5.75 Å². The summed E-state index contributed by atoms with van der Waals surface area (Å²) < 4.78 is 5.68. The van der Waals surface area contributed by atoms with E-state index in [0.717, 1.165) is 17.7 Å². The van der Waals surface area contributed by atoms with Gasteiger partial charge in [0.25, 0.3) is 5.91 Å². The van der Waals surface area contributed by atoms with Crippen molar-refractivity contribution in [2.45, 2.75) is 19.8 Å². The Morgan fingerprint density at radius 3 is 2.47 bits per heavy atom. The Morgan fingerprint density at radius 1 is 1.06 bits per heavy atom. The SMILES string of the molecule is CCc1ccc(CCOc2ccc(NC(=O)c3ccc(Cl)cc3Cl)c(C(=O)O)c2)nc1.[LiH]. The molecule has 0 radical (unpaired) electrons. The molecule has 0 fully saturated rings. The summed E-state index contributed by atoms with van der Waals surface area (Å²) in [7, 11) is 0. The summed E-state index contributed by atoms with van der Waals surface area (Å²) in [4.78, 5) is 28.6. The Kier molecular flexibility index (Phi) is 9.61. The van der Waals surface area contributed by atoms with Crippen LogP contribution in [0.3, 0.4) is 0 Å². The van der Waals surface area contributed by atoms with Crippen molar-refractivity contribution >= 4 is 59.6 Å². The van der Waals surface area contributed by atoms with Crippen molar-refractivity contribution in [2.75, 3.05) is 11.9 Å². The van der Waals surface area contributed by atoms with Crippen LogP contribution >= 0.6 is 23.2 Å². The van der Waals surface area contributed by atoms with Crippen molar-refractivity contribution in [3.63, 3.8) is 0 Å². The number of hydrogen-bond donors (Lipinski definition) is 2. The third-order valence-corrected chi connectivity index (χ3v) is 5.11. The number of carboxylic acid groups (broad SMARTS) is 1. The van der Waals surface area contributed by atoms with Crippen molar-refractivity contribution in [3.8, 4) is 5.75 Å². The van der Waals surface area contributed by atoms with Gasteiger partial charge in [0.15, 0.2) is 0 Å². The van der Waals surface area contributed by atoms with E-state index in [9.17, 15) is 14.7 Å². The third kappa shape index (κ3) is 6.75. The van der Waals surface area contributed by atoms with Crippen LogP contribution in [0.5, 0.6) is 5.75 Å². The summed E-state index contributed by atoms with van der Waals surface area (Å²) in [6.45, 7) is 2.40. The van der Waals surface area contributed by atoms with Gasteiger partial charge in [-0.1, -0.05) is 36.2 Å². The molecule has 0 aliphatic carbocycles. The molecule has 1 aromatic heterocycles. The molecule has 162 valence electrons. The number of carboxylic acids is 1. The van der Waals surface area contributed by atoms with Crippen LogP contribution < -0.4 is 10.1 Å². The number of benzene rings is 2. The quantitative estimate of drug-likeness (QED) is 0.462. The van der Waals surface area contributed by atoms with Crippen LogP contribution in [0.4, 0.5) is 5.69 Å². The number of aryl methyl sites for hydroxylation is 1. The maximum atomic E-state index is 12.5. The first-order chi connectivity index (χ1) is 14.9. The van der Waals surface area contributed by atoms with Crippen LogP contribution in [0.1, 0.15) is 38.9 Å². The second kappa shape index (κ2) is 11.9. The van der Waals surface area contributed by atoms with Crippen molar-refractivity contribution in [3.05, 3.63) is 87.2 Å². The number of nitrogens with zero attached hydrogens (tertiary/aromatic N) is 1. The number of rotatable bonds is 8. The predicted molar refractivity (Wildman–Crippen MR) is 128 cm³/mol. The van der Waals surface area contributed by atoms with Crippen LogP contribution in [0, 0.1) is 0 Å². The Morgan fingerprint density at radius 2 is 1.84 bits per heavy atom. The summed E-state index contributed by atoms with van der Waals surface area (Å²) in [6, 6.07) is 12.9. The average molecular weight is 467 g/mol. The first-order valence-corrected chi connectivity index (χ1v) is 10.3. The van der Waals surface area contributed by atoms with Gasteiger partial charge in [0.05, 0.1) is 28.4 Å². The molecule has 2 N–H and O–H groups in total. The van der Waals surface area contributed by atoms with E-state index < -0.39 is 11.9 Å². The summed E-state index contributed by atoms with van der Waals surface area (Å²) >= 11 is 11.9.